The molecule has 0 aromatic heterocycles. The Morgan fingerprint density at radius 2 is 1.82 bits per heavy atom. The number of rotatable bonds is 6. The second-order valence-corrected chi connectivity index (χ2v) is 9.94. The zero-order valence-corrected chi connectivity index (χ0v) is 19.4. The molecule has 5 rings (SSSR count). The van der Waals surface area contributed by atoms with Gasteiger partial charge in [0, 0.05) is 18.3 Å². The number of carbonyl (C=O) groups excluding carboxylic acids is 1. The lowest BCUT2D eigenvalue weighted by atomic mass is 10.2. The molecule has 0 atom stereocenters. The first-order valence-electron chi connectivity index (χ1n) is 11.0. The monoisotopic (exact) mass is 480 g/mol. The van der Waals surface area contributed by atoms with Gasteiger partial charge in [-0.15, -0.1) is 0 Å². The first kappa shape index (κ1) is 22.1. The Kier molecular flexibility index (Phi) is 5.79. The van der Waals surface area contributed by atoms with E-state index >= 15 is 0 Å². The average molecular weight is 481 g/mol. The molecule has 3 aromatic rings. The van der Waals surface area contributed by atoms with Crippen LogP contribution in [-0.4, -0.2) is 40.7 Å². The van der Waals surface area contributed by atoms with Crippen molar-refractivity contribution >= 4 is 27.3 Å². The Bertz CT molecular complexity index is 1360. The van der Waals surface area contributed by atoms with Gasteiger partial charge in [-0.05, 0) is 60.9 Å². The fourth-order valence-corrected chi connectivity index (χ4v) is 5.68. The van der Waals surface area contributed by atoms with E-state index in [4.69, 9.17) is 14.2 Å². The summed E-state index contributed by atoms with van der Waals surface area (Å²) in [4.78, 5) is 12.6. The van der Waals surface area contributed by atoms with Crippen molar-refractivity contribution in [2.24, 2.45) is 0 Å². The topological polar surface area (TPSA) is 94.2 Å². The Balaban J connectivity index is 1.24. The maximum absolute atomic E-state index is 13.2. The molecule has 2 heterocycles. The SMILES string of the molecule is Cc1cc(S(=O)(=O)N2CCc3ccccc32)ccc1OCC(=O)Nc1ccc2c(c1)OCCO2. The molecule has 3 aromatic carbocycles. The highest BCUT2D eigenvalue weighted by molar-refractivity contribution is 7.92. The van der Waals surface area contributed by atoms with E-state index in [-0.39, 0.29) is 17.4 Å². The van der Waals surface area contributed by atoms with Crippen molar-refractivity contribution in [2.45, 2.75) is 18.2 Å². The molecule has 9 heteroatoms. The van der Waals surface area contributed by atoms with Crippen LogP contribution in [0.4, 0.5) is 11.4 Å². The van der Waals surface area contributed by atoms with E-state index in [0.717, 1.165) is 11.3 Å². The summed E-state index contributed by atoms with van der Waals surface area (Å²) in [7, 11) is -3.69. The van der Waals surface area contributed by atoms with Crippen LogP contribution in [0.15, 0.2) is 65.6 Å². The predicted molar refractivity (Wildman–Crippen MR) is 127 cm³/mol. The number of ether oxygens (including phenoxy) is 3. The number of sulfonamides is 1. The zero-order valence-electron chi connectivity index (χ0n) is 18.6. The largest absolute Gasteiger partial charge is 0.486 e. The van der Waals surface area contributed by atoms with E-state index in [9.17, 15) is 13.2 Å². The van der Waals surface area contributed by atoms with E-state index in [1.807, 2.05) is 24.3 Å². The second kappa shape index (κ2) is 8.90. The number of hydrogen-bond acceptors (Lipinski definition) is 6. The summed E-state index contributed by atoms with van der Waals surface area (Å²) in [6.07, 6.45) is 0.689. The van der Waals surface area contributed by atoms with Crippen LogP contribution in [0.25, 0.3) is 0 Å². The van der Waals surface area contributed by atoms with Gasteiger partial charge < -0.3 is 19.5 Å². The summed E-state index contributed by atoms with van der Waals surface area (Å²) in [5.74, 6) is 1.32. The van der Waals surface area contributed by atoms with E-state index in [1.165, 1.54) is 10.4 Å². The Hall–Kier alpha value is -3.72. The lowest BCUT2D eigenvalue weighted by Crippen LogP contribution is -2.29. The first-order valence-corrected chi connectivity index (χ1v) is 12.4. The molecule has 2 aliphatic heterocycles. The standard InChI is InChI=1S/C25H24N2O6S/c1-17-14-20(34(29,30)27-11-10-18-4-2-3-5-21(18)27)7-9-22(17)33-16-25(28)26-19-6-8-23-24(15-19)32-13-12-31-23/h2-9,14-15H,10-13,16H2,1H3,(H,26,28). The van der Waals surface area contributed by atoms with E-state index in [1.54, 1.807) is 37.3 Å². The highest BCUT2D eigenvalue weighted by atomic mass is 32.2. The number of carbonyl (C=O) groups is 1. The predicted octanol–water partition coefficient (Wildman–Crippen LogP) is 3.54. The van der Waals surface area contributed by atoms with Crippen LogP contribution in [0.1, 0.15) is 11.1 Å². The molecule has 2 aliphatic rings. The van der Waals surface area contributed by atoms with Gasteiger partial charge >= 0.3 is 0 Å². The molecule has 8 nitrogen and oxygen atoms in total. The fraction of sp³-hybridized carbons (Fsp3) is 0.240. The lowest BCUT2D eigenvalue weighted by molar-refractivity contribution is -0.118. The summed E-state index contributed by atoms with van der Waals surface area (Å²) in [6, 6.07) is 17.4. The summed E-state index contributed by atoms with van der Waals surface area (Å²) < 4.78 is 44.6. The number of aryl methyl sites for hydroxylation is 1. The molecule has 0 saturated carbocycles. The Morgan fingerprint density at radius 3 is 2.65 bits per heavy atom. The number of benzene rings is 3. The molecule has 0 bridgehead atoms. The maximum atomic E-state index is 13.2. The van der Waals surface area contributed by atoms with E-state index in [2.05, 4.69) is 5.32 Å². The molecule has 34 heavy (non-hydrogen) atoms. The molecule has 0 unspecified atom stereocenters. The van der Waals surface area contributed by atoms with Crippen LogP contribution in [0.2, 0.25) is 0 Å². The number of fused-ring (bicyclic) bond motifs is 2. The minimum Gasteiger partial charge on any atom is -0.486 e. The molecule has 1 amide bonds. The molecule has 1 N–H and O–H groups in total. The van der Waals surface area contributed by atoms with Crippen molar-refractivity contribution in [2.75, 3.05) is 36.0 Å². The van der Waals surface area contributed by atoms with Crippen LogP contribution in [0.3, 0.4) is 0 Å². The quantitative estimate of drug-likeness (QED) is 0.580. The average Bonchev–Trinajstić information content (AvgIpc) is 3.28. The van der Waals surface area contributed by atoms with Gasteiger partial charge in [-0.3, -0.25) is 9.10 Å². The summed E-state index contributed by atoms with van der Waals surface area (Å²) in [5, 5.41) is 2.76. The second-order valence-electron chi connectivity index (χ2n) is 8.08. The normalized spacial score (nSPS) is 14.4. The first-order chi connectivity index (χ1) is 16.4. The number of nitrogens with zero attached hydrogens (tertiary/aromatic N) is 1. The molecule has 0 saturated heterocycles. The Morgan fingerprint density at radius 1 is 1.03 bits per heavy atom. The van der Waals surface area contributed by atoms with Gasteiger partial charge in [0.2, 0.25) is 0 Å². The maximum Gasteiger partial charge on any atom is 0.264 e. The van der Waals surface area contributed by atoms with Crippen LogP contribution < -0.4 is 23.8 Å². The summed E-state index contributed by atoms with van der Waals surface area (Å²) >= 11 is 0. The minimum absolute atomic E-state index is 0.190. The van der Waals surface area contributed by atoms with Crippen molar-refractivity contribution in [3.63, 3.8) is 0 Å². The number of anilines is 2. The third kappa shape index (κ3) is 4.26. The highest BCUT2D eigenvalue weighted by Gasteiger charge is 2.30. The van der Waals surface area contributed by atoms with E-state index in [0.29, 0.717) is 54.7 Å². The zero-order chi connectivity index (χ0) is 23.7. The number of amides is 1. The minimum atomic E-state index is -3.69. The van der Waals surface area contributed by atoms with Gasteiger partial charge in [0.05, 0.1) is 10.6 Å². The molecule has 176 valence electrons. The van der Waals surface area contributed by atoms with Crippen molar-refractivity contribution in [1.82, 2.24) is 0 Å². The van der Waals surface area contributed by atoms with Gasteiger partial charge in [0.1, 0.15) is 19.0 Å². The lowest BCUT2D eigenvalue weighted by Gasteiger charge is -2.20. The van der Waals surface area contributed by atoms with Crippen LogP contribution >= 0.6 is 0 Å². The molecule has 0 radical (unpaired) electrons. The van der Waals surface area contributed by atoms with Crippen LogP contribution in [-0.2, 0) is 21.2 Å². The van der Waals surface area contributed by atoms with Crippen LogP contribution in [0, 0.1) is 6.92 Å². The summed E-state index contributed by atoms with van der Waals surface area (Å²) in [5.41, 5.74) is 2.94. The van der Waals surface area contributed by atoms with Crippen molar-refractivity contribution in [3.8, 4) is 17.2 Å². The van der Waals surface area contributed by atoms with Gasteiger partial charge in [0.15, 0.2) is 18.1 Å². The van der Waals surface area contributed by atoms with E-state index < -0.39 is 10.0 Å². The Labute approximate surface area is 198 Å². The van der Waals surface area contributed by atoms with Crippen LogP contribution in [0.5, 0.6) is 17.2 Å². The van der Waals surface area contributed by atoms with Gasteiger partial charge in [0.25, 0.3) is 15.9 Å². The van der Waals surface area contributed by atoms with Crippen molar-refractivity contribution < 1.29 is 27.4 Å². The van der Waals surface area contributed by atoms with Crippen molar-refractivity contribution in [1.29, 1.82) is 0 Å². The van der Waals surface area contributed by atoms with Crippen molar-refractivity contribution in [3.05, 3.63) is 71.8 Å². The molecule has 0 fully saturated rings. The van der Waals surface area contributed by atoms with Gasteiger partial charge in [-0.1, -0.05) is 18.2 Å². The third-order valence-corrected chi connectivity index (χ3v) is 7.57. The number of hydrogen-bond donors (Lipinski definition) is 1. The number of nitrogens with one attached hydrogen (secondary N) is 1. The molecular formula is C25H24N2O6S. The smallest absolute Gasteiger partial charge is 0.264 e. The summed E-state index contributed by atoms with van der Waals surface area (Å²) in [6.45, 7) is 2.91. The third-order valence-electron chi connectivity index (χ3n) is 5.76. The van der Waals surface area contributed by atoms with Gasteiger partial charge in [-0.25, -0.2) is 8.42 Å². The van der Waals surface area contributed by atoms with Gasteiger partial charge in [-0.2, -0.15) is 0 Å². The highest BCUT2D eigenvalue weighted by Crippen LogP contribution is 2.34. The number of para-hydroxylation sites is 1. The molecular weight excluding hydrogens is 456 g/mol. The molecule has 0 spiro atoms. The molecule has 0 aliphatic carbocycles. The fourth-order valence-electron chi connectivity index (χ4n) is 4.09.